The summed E-state index contributed by atoms with van der Waals surface area (Å²) >= 11 is 0. The summed E-state index contributed by atoms with van der Waals surface area (Å²) in [5.74, 6) is 0. The molecule has 0 bridgehead atoms. The van der Waals surface area contributed by atoms with Crippen molar-refractivity contribution in [2.24, 2.45) is 0 Å². The van der Waals surface area contributed by atoms with Crippen LogP contribution in [0.25, 0.3) is 21.9 Å². The standard InChI is InChI=1S/C48H31BN2OSi/c1-4-16-32(17-5-1)50-40-25-15-26-41-47(40)49(38-31-44-36(30-42(38)50)35-22-10-12-27-43(35)52-44)37-23-14-29-46-48(37)51(41)39-24-11-13-28-45(39)53(46,33-18-6-2-7-19-33)34-20-8-3-9-21-34/h1-31H. The molecule has 5 heteroatoms. The molecule has 0 unspecified atom stereocenters. The van der Waals surface area contributed by atoms with Crippen molar-refractivity contribution >= 4 is 108 Å². The average Bonchev–Trinajstić information content (AvgIpc) is 3.59. The Balaban J connectivity index is 1.24. The van der Waals surface area contributed by atoms with Gasteiger partial charge in [-0.25, -0.2) is 0 Å². The van der Waals surface area contributed by atoms with Gasteiger partial charge in [-0.15, -0.1) is 0 Å². The molecule has 1 aromatic heterocycles. The van der Waals surface area contributed by atoms with Crippen LogP contribution >= 0.6 is 0 Å². The van der Waals surface area contributed by atoms with E-state index in [-0.39, 0.29) is 6.71 Å². The predicted octanol–water partition coefficient (Wildman–Crippen LogP) is 7.36. The fraction of sp³-hybridized carbons (Fsp3) is 0. The number of benzene rings is 8. The van der Waals surface area contributed by atoms with E-state index < -0.39 is 8.07 Å². The molecule has 3 aliphatic rings. The molecule has 9 aromatic rings. The number of anilines is 6. The highest BCUT2D eigenvalue weighted by Gasteiger charge is 2.53. The van der Waals surface area contributed by atoms with Crippen LogP contribution < -0.4 is 46.9 Å². The molecule has 0 fully saturated rings. The minimum atomic E-state index is -2.79. The second-order valence-electron chi connectivity index (χ2n) is 14.4. The summed E-state index contributed by atoms with van der Waals surface area (Å²) in [7, 11) is -2.79. The molecule has 0 saturated heterocycles. The quantitative estimate of drug-likeness (QED) is 0.181. The molecule has 0 saturated carbocycles. The van der Waals surface area contributed by atoms with Crippen molar-refractivity contribution in [2.45, 2.75) is 0 Å². The van der Waals surface area contributed by atoms with Crippen molar-refractivity contribution < 1.29 is 4.42 Å². The third-order valence-corrected chi connectivity index (χ3v) is 16.7. The second kappa shape index (κ2) is 10.7. The van der Waals surface area contributed by atoms with Crippen molar-refractivity contribution in [3.8, 4) is 0 Å². The first-order valence-electron chi connectivity index (χ1n) is 18.4. The van der Waals surface area contributed by atoms with E-state index in [9.17, 15) is 0 Å². The van der Waals surface area contributed by atoms with Gasteiger partial charge < -0.3 is 14.2 Å². The highest BCUT2D eigenvalue weighted by molar-refractivity contribution is 7.22. The predicted molar refractivity (Wildman–Crippen MR) is 225 cm³/mol. The lowest BCUT2D eigenvalue weighted by Crippen LogP contribution is -2.79. The molecule has 0 spiro atoms. The van der Waals surface area contributed by atoms with Gasteiger partial charge in [-0.05, 0) is 85.7 Å². The summed E-state index contributed by atoms with van der Waals surface area (Å²) in [4.78, 5) is 5.07. The molecular formula is C48H31BN2OSi. The number of fused-ring (bicyclic) bond motifs is 9. The number of nitrogens with zero attached hydrogens (tertiary/aromatic N) is 2. The lowest BCUT2D eigenvalue weighted by molar-refractivity contribution is 0.669. The smallest absolute Gasteiger partial charge is 0.252 e. The molecule has 0 atom stereocenters. The van der Waals surface area contributed by atoms with Crippen LogP contribution in [0.4, 0.5) is 34.1 Å². The Hall–Kier alpha value is -6.56. The van der Waals surface area contributed by atoms with Crippen LogP contribution in [0.1, 0.15) is 0 Å². The van der Waals surface area contributed by atoms with E-state index in [0.29, 0.717) is 0 Å². The number of hydrogen-bond acceptors (Lipinski definition) is 3. The first-order chi connectivity index (χ1) is 26.3. The number of hydrogen-bond donors (Lipinski definition) is 0. The van der Waals surface area contributed by atoms with Gasteiger partial charge in [-0.2, -0.15) is 0 Å². The fourth-order valence-corrected chi connectivity index (χ4v) is 15.0. The van der Waals surface area contributed by atoms with Crippen molar-refractivity contribution in [1.82, 2.24) is 0 Å². The molecule has 0 aliphatic carbocycles. The Morgan fingerprint density at radius 3 is 1.79 bits per heavy atom. The Labute approximate surface area is 309 Å². The third-order valence-electron chi connectivity index (χ3n) is 11.9. The van der Waals surface area contributed by atoms with Gasteiger partial charge in [-0.3, -0.25) is 0 Å². The van der Waals surface area contributed by atoms with Gasteiger partial charge >= 0.3 is 0 Å². The van der Waals surface area contributed by atoms with Crippen molar-refractivity contribution in [1.29, 1.82) is 0 Å². The minimum Gasteiger partial charge on any atom is -0.456 e. The van der Waals surface area contributed by atoms with Gasteiger partial charge in [0.15, 0.2) is 8.07 Å². The summed E-state index contributed by atoms with van der Waals surface area (Å²) in [5.41, 5.74) is 13.1. The van der Waals surface area contributed by atoms with Crippen LogP contribution in [0.5, 0.6) is 0 Å². The topological polar surface area (TPSA) is 19.6 Å². The molecule has 53 heavy (non-hydrogen) atoms. The molecule has 0 radical (unpaired) electrons. The summed E-state index contributed by atoms with van der Waals surface area (Å²) < 4.78 is 6.63. The zero-order valence-corrected chi connectivity index (χ0v) is 29.8. The Morgan fingerprint density at radius 1 is 0.415 bits per heavy atom. The minimum absolute atomic E-state index is 0.00323. The van der Waals surface area contributed by atoms with Gasteiger partial charge in [0.1, 0.15) is 11.2 Å². The first kappa shape index (κ1) is 29.1. The van der Waals surface area contributed by atoms with Gasteiger partial charge in [-0.1, -0.05) is 140 Å². The SMILES string of the molecule is c1ccc(N2c3cc4c(cc3B3c5cccc6c5N(c5ccccc5[Si]6(c5ccccc5)c5ccccc5)c5cccc2c53)oc2ccccc24)cc1. The van der Waals surface area contributed by atoms with Crippen molar-refractivity contribution in [3.05, 3.63) is 188 Å². The first-order valence-corrected chi connectivity index (χ1v) is 20.4. The number of furan rings is 1. The van der Waals surface area contributed by atoms with Crippen LogP contribution in [-0.2, 0) is 0 Å². The summed E-state index contributed by atoms with van der Waals surface area (Å²) in [6, 6.07) is 69.9. The van der Waals surface area contributed by atoms with Crippen molar-refractivity contribution in [2.75, 3.05) is 9.80 Å². The number of rotatable bonds is 3. The normalized spacial score (nSPS) is 14.5. The maximum Gasteiger partial charge on any atom is 0.252 e. The Bertz CT molecular complexity index is 2890. The maximum atomic E-state index is 6.63. The fourth-order valence-electron chi connectivity index (χ4n) is 9.90. The molecule has 0 amide bonds. The molecule has 12 rings (SSSR count). The monoisotopic (exact) mass is 690 g/mol. The van der Waals surface area contributed by atoms with Gasteiger partial charge in [0.25, 0.3) is 6.71 Å². The van der Waals surface area contributed by atoms with E-state index in [0.717, 1.165) is 27.6 Å². The number of para-hydroxylation sites is 4. The summed E-state index contributed by atoms with van der Waals surface area (Å²) in [5, 5.41) is 7.92. The van der Waals surface area contributed by atoms with Crippen LogP contribution in [-0.4, -0.2) is 14.8 Å². The zero-order chi connectivity index (χ0) is 34.7. The van der Waals surface area contributed by atoms with E-state index in [4.69, 9.17) is 4.42 Å². The van der Waals surface area contributed by atoms with E-state index in [1.54, 1.807) is 0 Å². The average molecular weight is 691 g/mol. The molecule has 246 valence electrons. The second-order valence-corrected chi connectivity index (χ2v) is 18.1. The third kappa shape index (κ3) is 3.74. The Morgan fingerprint density at radius 2 is 1.02 bits per heavy atom. The molecule has 4 heterocycles. The maximum absolute atomic E-state index is 6.63. The van der Waals surface area contributed by atoms with Crippen LogP contribution in [0.2, 0.25) is 0 Å². The highest BCUT2D eigenvalue weighted by atomic mass is 28.3. The van der Waals surface area contributed by atoms with E-state index in [1.165, 1.54) is 65.6 Å². The van der Waals surface area contributed by atoms with E-state index in [2.05, 4.69) is 198 Å². The largest absolute Gasteiger partial charge is 0.456 e. The van der Waals surface area contributed by atoms with Gasteiger partial charge in [0.2, 0.25) is 0 Å². The molecular weight excluding hydrogens is 659 g/mol. The molecule has 8 aromatic carbocycles. The molecule has 0 N–H and O–H groups in total. The van der Waals surface area contributed by atoms with E-state index in [1.807, 2.05) is 0 Å². The van der Waals surface area contributed by atoms with Crippen molar-refractivity contribution in [3.63, 3.8) is 0 Å². The molecule has 3 nitrogen and oxygen atoms in total. The van der Waals surface area contributed by atoms with Gasteiger partial charge in [0.05, 0.1) is 0 Å². The van der Waals surface area contributed by atoms with Crippen LogP contribution in [0.3, 0.4) is 0 Å². The van der Waals surface area contributed by atoms with Crippen LogP contribution in [0.15, 0.2) is 192 Å². The zero-order valence-electron chi connectivity index (χ0n) is 28.8. The van der Waals surface area contributed by atoms with Crippen LogP contribution in [0, 0.1) is 0 Å². The summed E-state index contributed by atoms with van der Waals surface area (Å²) in [6.45, 7) is 0.00323. The molecule has 3 aliphatic heterocycles. The van der Waals surface area contributed by atoms with Gasteiger partial charge in [0, 0.05) is 44.9 Å². The van der Waals surface area contributed by atoms with E-state index >= 15 is 0 Å². The summed E-state index contributed by atoms with van der Waals surface area (Å²) in [6.07, 6.45) is 0. The lowest BCUT2D eigenvalue weighted by Gasteiger charge is -2.50. The highest BCUT2D eigenvalue weighted by Crippen LogP contribution is 2.46. The Kier molecular flexibility index (Phi) is 5.89. The lowest BCUT2D eigenvalue weighted by atomic mass is 9.33.